The van der Waals surface area contributed by atoms with Crippen molar-refractivity contribution in [3.05, 3.63) is 0 Å². The molecule has 0 aromatic heterocycles. The molecule has 0 amide bonds. The van der Waals surface area contributed by atoms with Crippen LogP contribution in [0.1, 0.15) is 47.5 Å². The van der Waals surface area contributed by atoms with Gasteiger partial charge in [0.2, 0.25) is 0 Å². The number of Topliss-reactive ketones (excluding diaryl/α,β-unsaturated/α-hetero) is 1. The van der Waals surface area contributed by atoms with Crippen molar-refractivity contribution in [2.45, 2.75) is 53.6 Å². The molecule has 2 unspecified atom stereocenters. The van der Waals surface area contributed by atoms with Crippen LogP contribution in [0.5, 0.6) is 0 Å². The fourth-order valence-electron chi connectivity index (χ4n) is 1.86. The zero-order valence-electron chi connectivity index (χ0n) is 12.4. The second kappa shape index (κ2) is 7.52. The summed E-state index contributed by atoms with van der Waals surface area (Å²) in [5.74, 6) is -0.795. The quantitative estimate of drug-likeness (QED) is 0.659. The van der Waals surface area contributed by atoms with E-state index in [4.69, 9.17) is 9.47 Å². The van der Waals surface area contributed by atoms with Crippen LogP contribution in [0.4, 0.5) is 0 Å². The molecule has 2 atom stereocenters. The number of hydrogen-bond donors (Lipinski definition) is 0. The van der Waals surface area contributed by atoms with Gasteiger partial charge in [0.05, 0.1) is 12.0 Å². The third-order valence-corrected chi connectivity index (χ3v) is 2.46. The normalized spacial score (nSPS) is 15.0. The van der Waals surface area contributed by atoms with Crippen molar-refractivity contribution in [3.63, 3.8) is 0 Å². The highest BCUT2D eigenvalue weighted by atomic mass is 16.5. The minimum atomic E-state index is -0.407. The first-order valence-electron chi connectivity index (χ1n) is 6.37. The number of ketones is 1. The van der Waals surface area contributed by atoms with Crippen molar-refractivity contribution in [2.75, 3.05) is 13.7 Å². The summed E-state index contributed by atoms with van der Waals surface area (Å²) in [7, 11) is 1.46. The number of methoxy groups -OCH3 is 1. The Labute approximate surface area is 110 Å². The smallest absolute Gasteiger partial charge is 0.309 e. The van der Waals surface area contributed by atoms with Crippen molar-refractivity contribution in [2.24, 2.45) is 11.3 Å². The predicted molar refractivity (Wildman–Crippen MR) is 70.3 cm³/mol. The SMILES string of the molecule is COCC(=O)CC(C)C(=O)OC(C)CC(C)(C)C. The van der Waals surface area contributed by atoms with E-state index in [9.17, 15) is 9.59 Å². The van der Waals surface area contributed by atoms with Crippen molar-refractivity contribution < 1.29 is 19.1 Å². The molecule has 0 aliphatic carbocycles. The summed E-state index contributed by atoms with van der Waals surface area (Å²) in [6.07, 6.45) is 0.851. The van der Waals surface area contributed by atoms with Gasteiger partial charge in [-0.2, -0.15) is 0 Å². The van der Waals surface area contributed by atoms with E-state index < -0.39 is 5.92 Å². The van der Waals surface area contributed by atoms with Gasteiger partial charge >= 0.3 is 5.97 Å². The summed E-state index contributed by atoms with van der Waals surface area (Å²) >= 11 is 0. The lowest BCUT2D eigenvalue weighted by atomic mass is 9.90. The van der Waals surface area contributed by atoms with E-state index in [-0.39, 0.29) is 36.3 Å². The van der Waals surface area contributed by atoms with Crippen molar-refractivity contribution in [1.29, 1.82) is 0 Å². The average Bonchev–Trinajstić information content (AvgIpc) is 2.14. The molecule has 4 nitrogen and oxygen atoms in total. The van der Waals surface area contributed by atoms with E-state index >= 15 is 0 Å². The van der Waals surface area contributed by atoms with E-state index in [1.165, 1.54) is 7.11 Å². The van der Waals surface area contributed by atoms with Gasteiger partial charge in [-0.15, -0.1) is 0 Å². The number of carbonyl (C=O) groups excluding carboxylic acids is 2. The summed E-state index contributed by atoms with van der Waals surface area (Å²) in [6.45, 7) is 9.94. The fraction of sp³-hybridized carbons (Fsp3) is 0.857. The highest BCUT2D eigenvalue weighted by Gasteiger charge is 2.23. The Hall–Kier alpha value is -0.900. The standard InChI is InChI=1S/C14H26O4/c1-10(7-12(15)9-17-6)13(16)18-11(2)8-14(3,4)5/h10-11H,7-9H2,1-6H3. The first kappa shape index (κ1) is 17.1. The molecule has 0 saturated heterocycles. The van der Waals surface area contributed by atoms with Crippen LogP contribution in [-0.2, 0) is 19.1 Å². The van der Waals surface area contributed by atoms with Crippen LogP contribution in [0.3, 0.4) is 0 Å². The van der Waals surface area contributed by atoms with E-state index in [1.54, 1.807) is 6.92 Å². The van der Waals surface area contributed by atoms with Crippen LogP contribution in [0, 0.1) is 11.3 Å². The predicted octanol–water partition coefficient (Wildman–Crippen LogP) is 2.60. The van der Waals surface area contributed by atoms with Gasteiger partial charge in [0.1, 0.15) is 6.61 Å². The minimum Gasteiger partial charge on any atom is -0.462 e. The second-order valence-corrected chi connectivity index (χ2v) is 6.09. The summed E-state index contributed by atoms with van der Waals surface area (Å²) in [5, 5.41) is 0. The second-order valence-electron chi connectivity index (χ2n) is 6.09. The van der Waals surface area contributed by atoms with E-state index in [2.05, 4.69) is 20.8 Å². The van der Waals surface area contributed by atoms with Gasteiger partial charge in [0, 0.05) is 13.5 Å². The van der Waals surface area contributed by atoms with E-state index in [0.29, 0.717) is 0 Å². The largest absolute Gasteiger partial charge is 0.462 e. The monoisotopic (exact) mass is 258 g/mol. The Morgan fingerprint density at radius 2 is 1.72 bits per heavy atom. The lowest BCUT2D eigenvalue weighted by molar-refractivity contribution is -0.155. The third-order valence-electron chi connectivity index (χ3n) is 2.46. The topological polar surface area (TPSA) is 52.6 Å². The molecule has 106 valence electrons. The molecule has 0 N–H and O–H groups in total. The van der Waals surface area contributed by atoms with Gasteiger partial charge in [-0.05, 0) is 18.8 Å². The summed E-state index contributed by atoms with van der Waals surface area (Å²) in [4.78, 5) is 23.1. The molecule has 0 fully saturated rings. The van der Waals surface area contributed by atoms with Crippen molar-refractivity contribution in [1.82, 2.24) is 0 Å². The number of ether oxygens (including phenoxy) is 2. The van der Waals surface area contributed by atoms with Crippen LogP contribution in [-0.4, -0.2) is 31.6 Å². The van der Waals surface area contributed by atoms with Crippen molar-refractivity contribution >= 4 is 11.8 Å². The van der Waals surface area contributed by atoms with Gasteiger partial charge in [-0.1, -0.05) is 27.7 Å². The van der Waals surface area contributed by atoms with Crippen LogP contribution < -0.4 is 0 Å². The summed E-state index contributed by atoms with van der Waals surface area (Å²) < 4.78 is 10.1. The maximum Gasteiger partial charge on any atom is 0.309 e. The van der Waals surface area contributed by atoms with E-state index in [0.717, 1.165) is 6.42 Å². The molecule has 0 spiro atoms. The van der Waals surface area contributed by atoms with Gasteiger partial charge < -0.3 is 9.47 Å². The van der Waals surface area contributed by atoms with Gasteiger partial charge in [0.25, 0.3) is 0 Å². The molecule has 0 aliphatic rings. The molecule has 4 heteroatoms. The highest BCUT2D eigenvalue weighted by molar-refractivity contribution is 5.85. The molecule has 18 heavy (non-hydrogen) atoms. The molecular weight excluding hydrogens is 232 g/mol. The summed E-state index contributed by atoms with van der Waals surface area (Å²) in [5.41, 5.74) is 0.120. The molecule has 0 aromatic rings. The molecule has 0 heterocycles. The Balaban J connectivity index is 4.12. The molecule has 0 rings (SSSR count). The Morgan fingerprint density at radius 3 is 2.17 bits per heavy atom. The molecule has 0 saturated carbocycles. The minimum absolute atomic E-state index is 0.0508. The van der Waals surface area contributed by atoms with Crippen molar-refractivity contribution in [3.8, 4) is 0 Å². The fourth-order valence-corrected chi connectivity index (χ4v) is 1.86. The van der Waals surface area contributed by atoms with Crippen LogP contribution in [0.25, 0.3) is 0 Å². The van der Waals surface area contributed by atoms with Crippen LogP contribution >= 0.6 is 0 Å². The molecule has 0 radical (unpaired) electrons. The van der Waals surface area contributed by atoms with Gasteiger partial charge in [0.15, 0.2) is 5.78 Å². The zero-order chi connectivity index (χ0) is 14.3. The maximum absolute atomic E-state index is 11.8. The first-order chi connectivity index (χ1) is 8.15. The average molecular weight is 258 g/mol. The number of rotatable bonds is 7. The van der Waals surface area contributed by atoms with E-state index in [1.807, 2.05) is 6.92 Å². The molecule has 0 aliphatic heterocycles. The summed E-state index contributed by atoms with van der Waals surface area (Å²) in [6, 6.07) is 0. The van der Waals surface area contributed by atoms with Gasteiger partial charge in [-0.3, -0.25) is 9.59 Å². The maximum atomic E-state index is 11.8. The molecule has 0 bridgehead atoms. The lowest BCUT2D eigenvalue weighted by Crippen LogP contribution is -2.26. The Morgan fingerprint density at radius 1 is 1.17 bits per heavy atom. The third kappa shape index (κ3) is 8.23. The van der Waals surface area contributed by atoms with Gasteiger partial charge in [-0.25, -0.2) is 0 Å². The lowest BCUT2D eigenvalue weighted by Gasteiger charge is -2.24. The Kier molecular flexibility index (Phi) is 7.14. The number of hydrogen-bond acceptors (Lipinski definition) is 4. The highest BCUT2D eigenvalue weighted by Crippen LogP contribution is 2.22. The first-order valence-corrected chi connectivity index (χ1v) is 6.37. The number of carbonyl (C=O) groups is 2. The zero-order valence-corrected chi connectivity index (χ0v) is 12.4. The Bertz CT molecular complexity index is 278. The molecular formula is C14H26O4. The van der Waals surface area contributed by atoms with Crippen LogP contribution in [0.2, 0.25) is 0 Å². The molecule has 0 aromatic carbocycles. The van der Waals surface area contributed by atoms with Crippen LogP contribution in [0.15, 0.2) is 0 Å². The number of esters is 1.